The van der Waals surface area contributed by atoms with E-state index < -0.39 is 0 Å². The molecule has 2 aromatic heterocycles. The molecule has 4 aromatic rings. The molecule has 0 spiro atoms. The number of carbonyl (C=O) groups excluding carboxylic acids is 1. The molecular formula is C22H19FN2OS. The Morgan fingerprint density at radius 3 is 2.63 bits per heavy atom. The van der Waals surface area contributed by atoms with E-state index in [1.54, 1.807) is 23.5 Å². The number of hydrogen-bond donors (Lipinski definition) is 1. The van der Waals surface area contributed by atoms with Crippen LogP contribution in [0.4, 0.5) is 4.39 Å². The molecule has 1 N–H and O–H groups in total. The Balaban J connectivity index is 1.66. The molecular weight excluding hydrogens is 359 g/mol. The first-order valence-corrected chi connectivity index (χ1v) is 9.67. The highest BCUT2D eigenvalue weighted by Gasteiger charge is 2.19. The minimum atomic E-state index is -0.265. The molecule has 0 saturated carbocycles. The van der Waals surface area contributed by atoms with E-state index in [1.807, 2.05) is 65.4 Å². The fourth-order valence-corrected chi connectivity index (χ4v) is 4.05. The monoisotopic (exact) mass is 378 g/mol. The Hall–Kier alpha value is -2.92. The highest BCUT2D eigenvalue weighted by atomic mass is 32.1. The second-order valence-electron chi connectivity index (χ2n) is 6.48. The van der Waals surface area contributed by atoms with E-state index in [-0.39, 0.29) is 17.8 Å². The zero-order chi connectivity index (χ0) is 18.8. The van der Waals surface area contributed by atoms with Crippen molar-refractivity contribution in [1.82, 2.24) is 9.88 Å². The topological polar surface area (TPSA) is 34.0 Å². The summed E-state index contributed by atoms with van der Waals surface area (Å²) in [5, 5.41) is 5.04. The van der Waals surface area contributed by atoms with Crippen LogP contribution in [0.15, 0.2) is 72.1 Å². The molecule has 0 saturated heterocycles. The smallest absolute Gasteiger partial charge is 0.268 e. The van der Waals surface area contributed by atoms with Gasteiger partial charge in [-0.3, -0.25) is 4.79 Å². The van der Waals surface area contributed by atoms with Gasteiger partial charge in [0, 0.05) is 5.56 Å². The molecule has 2 aromatic carbocycles. The highest BCUT2D eigenvalue weighted by molar-refractivity contribution is 7.17. The Kier molecular flexibility index (Phi) is 4.77. The SMILES string of the molecule is C[C@H](NC(=O)c1cc2sccc2n1Cc1ccccc1F)c1ccccc1. The summed E-state index contributed by atoms with van der Waals surface area (Å²) in [6.45, 7) is 2.27. The van der Waals surface area contributed by atoms with Crippen molar-refractivity contribution in [2.45, 2.75) is 19.5 Å². The van der Waals surface area contributed by atoms with Crippen molar-refractivity contribution in [1.29, 1.82) is 0 Å². The third kappa shape index (κ3) is 3.51. The fourth-order valence-electron chi connectivity index (χ4n) is 3.23. The second-order valence-corrected chi connectivity index (χ2v) is 7.43. The van der Waals surface area contributed by atoms with Crippen LogP contribution in [-0.4, -0.2) is 10.5 Å². The molecule has 2 heterocycles. The van der Waals surface area contributed by atoms with Gasteiger partial charge in [0.25, 0.3) is 5.91 Å². The number of thiophene rings is 1. The summed E-state index contributed by atoms with van der Waals surface area (Å²) in [5.74, 6) is -0.426. The van der Waals surface area contributed by atoms with E-state index in [9.17, 15) is 9.18 Å². The third-order valence-electron chi connectivity index (χ3n) is 4.69. The third-order valence-corrected chi connectivity index (χ3v) is 5.54. The Morgan fingerprint density at radius 2 is 1.85 bits per heavy atom. The summed E-state index contributed by atoms with van der Waals surface area (Å²) < 4.78 is 17.1. The van der Waals surface area contributed by atoms with Crippen LogP contribution in [0.2, 0.25) is 0 Å². The number of nitrogens with zero attached hydrogens (tertiary/aromatic N) is 1. The zero-order valence-corrected chi connectivity index (χ0v) is 15.7. The van der Waals surface area contributed by atoms with Crippen molar-refractivity contribution >= 4 is 27.5 Å². The number of amides is 1. The Bertz CT molecular complexity index is 1080. The summed E-state index contributed by atoms with van der Waals surface area (Å²) in [7, 11) is 0. The molecule has 0 radical (unpaired) electrons. The molecule has 0 aliphatic carbocycles. The molecule has 0 fully saturated rings. The van der Waals surface area contributed by atoms with E-state index in [1.165, 1.54) is 6.07 Å². The maximum Gasteiger partial charge on any atom is 0.268 e. The predicted molar refractivity (Wildman–Crippen MR) is 108 cm³/mol. The van der Waals surface area contributed by atoms with Gasteiger partial charge in [-0.15, -0.1) is 11.3 Å². The normalized spacial score (nSPS) is 12.2. The summed E-state index contributed by atoms with van der Waals surface area (Å²) in [4.78, 5) is 13.0. The average Bonchev–Trinajstić information content (AvgIpc) is 3.27. The van der Waals surface area contributed by atoms with Gasteiger partial charge in [-0.05, 0) is 36.1 Å². The van der Waals surface area contributed by atoms with E-state index >= 15 is 0 Å². The number of benzene rings is 2. The number of halogens is 1. The van der Waals surface area contributed by atoms with Crippen LogP contribution >= 0.6 is 11.3 Å². The molecule has 0 aliphatic rings. The molecule has 4 rings (SSSR count). The van der Waals surface area contributed by atoms with Gasteiger partial charge in [-0.2, -0.15) is 0 Å². The van der Waals surface area contributed by atoms with Crippen LogP contribution in [0, 0.1) is 5.82 Å². The van der Waals surface area contributed by atoms with Gasteiger partial charge in [0.15, 0.2) is 0 Å². The van der Waals surface area contributed by atoms with Crippen LogP contribution in [0.5, 0.6) is 0 Å². The molecule has 136 valence electrons. The lowest BCUT2D eigenvalue weighted by atomic mass is 10.1. The molecule has 0 bridgehead atoms. The van der Waals surface area contributed by atoms with Crippen LogP contribution in [0.3, 0.4) is 0 Å². The molecule has 5 heteroatoms. The van der Waals surface area contributed by atoms with Crippen molar-refractivity contribution in [3.8, 4) is 0 Å². The maximum absolute atomic E-state index is 14.2. The number of nitrogens with one attached hydrogen (secondary N) is 1. The van der Waals surface area contributed by atoms with Gasteiger partial charge in [0.2, 0.25) is 0 Å². The van der Waals surface area contributed by atoms with Crippen molar-refractivity contribution < 1.29 is 9.18 Å². The lowest BCUT2D eigenvalue weighted by Crippen LogP contribution is -2.28. The van der Waals surface area contributed by atoms with Crippen molar-refractivity contribution in [2.75, 3.05) is 0 Å². The highest BCUT2D eigenvalue weighted by Crippen LogP contribution is 2.27. The first-order chi connectivity index (χ1) is 13.1. The maximum atomic E-state index is 14.2. The minimum absolute atomic E-state index is 0.117. The first-order valence-electron chi connectivity index (χ1n) is 8.79. The van der Waals surface area contributed by atoms with E-state index in [2.05, 4.69) is 5.32 Å². The molecule has 0 aliphatic heterocycles. The quantitative estimate of drug-likeness (QED) is 0.497. The van der Waals surface area contributed by atoms with Crippen LogP contribution in [0.25, 0.3) is 10.2 Å². The largest absolute Gasteiger partial charge is 0.344 e. The number of fused-ring (bicyclic) bond motifs is 1. The molecule has 1 amide bonds. The Labute approximate surface area is 161 Å². The van der Waals surface area contributed by atoms with Crippen molar-refractivity contribution in [3.05, 3.63) is 94.7 Å². The van der Waals surface area contributed by atoms with Crippen LogP contribution in [-0.2, 0) is 6.54 Å². The predicted octanol–water partition coefficient (Wildman–Crippen LogP) is 5.38. The zero-order valence-electron chi connectivity index (χ0n) is 14.9. The van der Waals surface area contributed by atoms with E-state index in [0.29, 0.717) is 17.8 Å². The Morgan fingerprint density at radius 1 is 1.11 bits per heavy atom. The molecule has 27 heavy (non-hydrogen) atoms. The van der Waals surface area contributed by atoms with Crippen LogP contribution in [0.1, 0.15) is 34.6 Å². The first kappa shape index (κ1) is 17.5. The van der Waals surface area contributed by atoms with Gasteiger partial charge < -0.3 is 9.88 Å². The summed E-state index contributed by atoms with van der Waals surface area (Å²) >= 11 is 1.58. The lowest BCUT2D eigenvalue weighted by Gasteiger charge is -2.16. The van der Waals surface area contributed by atoms with Gasteiger partial charge in [-0.25, -0.2) is 4.39 Å². The van der Waals surface area contributed by atoms with Gasteiger partial charge in [-0.1, -0.05) is 48.5 Å². The number of aromatic nitrogens is 1. The summed E-state index contributed by atoms with van der Waals surface area (Å²) in [5.41, 5.74) is 3.09. The van der Waals surface area contributed by atoms with E-state index in [4.69, 9.17) is 0 Å². The molecule has 1 atom stereocenters. The van der Waals surface area contributed by atoms with Crippen LogP contribution < -0.4 is 5.32 Å². The molecule has 3 nitrogen and oxygen atoms in total. The van der Waals surface area contributed by atoms with Gasteiger partial charge >= 0.3 is 0 Å². The molecule has 0 unspecified atom stereocenters. The number of rotatable bonds is 5. The van der Waals surface area contributed by atoms with Crippen molar-refractivity contribution in [2.24, 2.45) is 0 Å². The van der Waals surface area contributed by atoms with E-state index in [0.717, 1.165) is 15.8 Å². The average molecular weight is 378 g/mol. The summed E-state index contributed by atoms with van der Waals surface area (Å²) in [6.07, 6.45) is 0. The summed E-state index contributed by atoms with van der Waals surface area (Å²) in [6, 6.07) is 20.2. The number of carbonyl (C=O) groups is 1. The van der Waals surface area contributed by atoms with Gasteiger partial charge in [0.05, 0.1) is 22.8 Å². The van der Waals surface area contributed by atoms with Gasteiger partial charge in [0.1, 0.15) is 11.5 Å². The number of hydrogen-bond acceptors (Lipinski definition) is 2. The lowest BCUT2D eigenvalue weighted by molar-refractivity contribution is 0.0931. The second kappa shape index (κ2) is 7.37. The fraction of sp³-hybridized carbons (Fsp3) is 0.136. The minimum Gasteiger partial charge on any atom is -0.344 e. The standard InChI is InChI=1S/C22H19FN2OS/c1-15(16-7-3-2-4-8-16)24-22(26)20-13-21-19(11-12-27-21)25(20)14-17-9-5-6-10-18(17)23/h2-13,15H,14H2,1H3,(H,24,26)/t15-/m0/s1. The van der Waals surface area contributed by atoms with Crippen molar-refractivity contribution in [3.63, 3.8) is 0 Å².